The van der Waals surface area contributed by atoms with Gasteiger partial charge in [0.2, 0.25) is 11.4 Å². The van der Waals surface area contributed by atoms with Gasteiger partial charge >= 0.3 is 5.97 Å². The first kappa shape index (κ1) is 24.9. The van der Waals surface area contributed by atoms with Gasteiger partial charge in [0, 0.05) is 10.6 Å². The summed E-state index contributed by atoms with van der Waals surface area (Å²) >= 11 is 6.46. The highest BCUT2D eigenvalue weighted by Crippen LogP contribution is 2.50. The van der Waals surface area contributed by atoms with E-state index in [2.05, 4.69) is 0 Å². The van der Waals surface area contributed by atoms with Crippen LogP contribution in [0.1, 0.15) is 37.5 Å². The fourth-order valence-corrected chi connectivity index (χ4v) is 4.56. The number of halogens is 1. The van der Waals surface area contributed by atoms with Gasteiger partial charge < -0.3 is 34.3 Å². The van der Waals surface area contributed by atoms with Crippen LogP contribution >= 0.6 is 11.6 Å². The van der Waals surface area contributed by atoms with Gasteiger partial charge in [-0.05, 0) is 62.6 Å². The summed E-state index contributed by atoms with van der Waals surface area (Å²) in [6.45, 7) is 5.41. The normalized spacial score (nSPS) is 30.4. The Morgan fingerprint density at radius 2 is 1.85 bits per heavy atom. The van der Waals surface area contributed by atoms with E-state index < -0.39 is 48.4 Å². The highest BCUT2D eigenvalue weighted by molar-refractivity contribution is 6.31. The van der Waals surface area contributed by atoms with Crippen molar-refractivity contribution in [2.45, 2.75) is 63.0 Å². The number of aliphatic hydroxyl groups is 3. The van der Waals surface area contributed by atoms with Gasteiger partial charge in [0.25, 0.3) is 0 Å². The van der Waals surface area contributed by atoms with Gasteiger partial charge in [0.1, 0.15) is 24.1 Å². The summed E-state index contributed by atoms with van der Waals surface area (Å²) in [5.41, 5.74) is 0.0796. The number of aliphatic hydroxyl groups excluding tert-OH is 3. The monoisotopic (exact) mass is 492 g/mol. The van der Waals surface area contributed by atoms with Crippen LogP contribution in [0, 0.1) is 0 Å². The third kappa shape index (κ3) is 4.19. The molecule has 0 aliphatic carbocycles. The van der Waals surface area contributed by atoms with Crippen LogP contribution in [0.15, 0.2) is 42.5 Å². The van der Waals surface area contributed by atoms with Crippen molar-refractivity contribution >= 4 is 17.6 Å². The highest BCUT2D eigenvalue weighted by Gasteiger charge is 2.71. The topological polar surface area (TPSA) is 115 Å². The lowest BCUT2D eigenvalue weighted by molar-refractivity contribution is -0.323. The molecule has 0 saturated carbocycles. The molecule has 2 bridgehead atoms. The number of benzene rings is 2. The Hall–Kier alpha value is -2.20. The Balaban J connectivity index is 1.67. The third-order valence-electron chi connectivity index (χ3n) is 6.11. The van der Waals surface area contributed by atoms with Crippen molar-refractivity contribution in [3.05, 3.63) is 64.2 Å². The molecule has 2 fully saturated rings. The van der Waals surface area contributed by atoms with E-state index in [1.165, 1.54) is 0 Å². The Kier molecular flexibility index (Phi) is 6.92. The van der Waals surface area contributed by atoms with Crippen molar-refractivity contribution in [1.82, 2.24) is 0 Å². The quantitative estimate of drug-likeness (QED) is 0.504. The Morgan fingerprint density at radius 3 is 2.50 bits per heavy atom. The molecule has 34 heavy (non-hydrogen) atoms. The first-order valence-electron chi connectivity index (χ1n) is 11.2. The minimum atomic E-state index is -1.97. The molecule has 0 aromatic heterocycles. The molecule has 4 rings (SSSR count). The molecule has 184 valence electrons. The lowest BCUT2D eigenvalue weighted by Gasteiger charge is -2.45. The molecular formula is C25H29ClO8. The predicted octanol–water partition coefficient (Wildman–Crippen LogP) is 2.32. The van der Waals surface area contributed by atoms with Crippen LogP contribution in [0.2, 0.25) is 5.02 Å². The van der Waals surface area contributed by atoms with E-state index in [0.717, 1.165) is 16.9 Å². The molecule has 0 radical (unpaired) electrons. The molecule has 2 aliphatic rings. The van der Waals surface area contributed by atoms with Gasteiger partial charge in [-0.1, -0.05) is 29.8 Å². The van der Waals surface area contributed by atoms with Crippen molar-refractivity contribution in [3.63, 3.8) is 0 Å². The fraction of sp³-hybridized carbons (Fsp3) is 0.480. The molecule has 2 aromatic carbocycles. The second-order valence-corrected chi connectivity index (χ2v) is 9.25. The average molecular weight is 493 g/mol. The van der Waals surface area contributed by atoms with Gasteiger partial charge in [-0.2, -0.15) is 0 Å². The van der Waals surface area contributed by atoms with E-state index in [1.54, 1.807) is 32.0 Å². The van der Waals surface area contributed by atoms with Crippen LogP contribution in [-0.2, 0) is 31.2 Å². The van der Waals surface area contributed by atoms with Gasteiger partial charge in [0.15, 0.2) is 0 Å². The van der Waals surface area contributed by atoms with Crippen LogP contribution in [-0.4, -0.2) is 64.5 Å². The second-order valence-electron chi connectivity index (χ2n) is 8.84. The number of esters is 1. The maximum Gasteiger partial charge on any atom is 0.344 e. The molecule has 0 spiro atoms. The largest absolute Gasteiger partial charge is 0.494 e. The minimum Gasteiger partial charge on any atom is -0.494 e. The highest BCUT2D eigenvalue weighted by atomic mass is 35.5. The Morgan fingerprint density at radius 1 is 1.15 bits per heavy atom. The second kappa shape index (κ2) is 9.45. The maximum atomic E-state index is 12.8. The molecule has 2 aliphatic heterocycles. The van der Waals surface area contributed by atoms with E-state index in [0.29, 0.717) is 23.6 Å². The van der Waals surface area contributed by atoms with Gasteiger partial charge in [-0.3, -0.25) is 0 Å². The summed E-state index contributed by atoms with van der Waals surface area (Å²) in [4.78, 5) is 12.8. The van der Waals surface area contributed by atoms with E-state index in [-0.39, 0.29) is 0 Å². The van der Waals surface area contributed by atoms with Crippen molar-refractivity contribution < 1.29 is 39.1 Å². The predicted molar refractivity (Wildman–Crippen MR) is 123 cm³/mol. The molecule has 0 unspecified atom stereocenters. The first-order chi connectivity index (χ1) is 16.1. The van der Waals surface area contributed by atoms with Crippen LogP contribution < -0.4 is 4.74 Å². The number of carbonyl (C=O) groups excluding carboxylic acids is 1. The smallest absolute Gasteiger partial charge is 0.344 e. The summed E-state index contributed by atoms with van der Waals surface area (Å²) in [6.07, 6.45) is -5.12. The van der Waals surface area contributed by atoms with Crippen LogP contribution in [0.4, 0.5) is 0 Å². The lowest BCUT2D eigenvalue weighted by atomic mass is 9.83. The molecule has 2 aromatic rings. The number of ether oxygens (including phenoxy) is 4. The average Bonchev–Trinajstić information content (AvgIpc) is 3.20. The molecule has 8 nitrogen and oxygen atoms in total. The van der Waals surface area contributed by atoms with Crippen LogP contribution in [0.5, 0.6) is 5.75 Å². The van der Waals surface area contributed by atoms with E-state index in [1.807, 2.05) is 31.2 Å². The summed E-state index contributed by atoms with van der Waals surface area (Å²) in [5.74, 6) is -1.99. The van der Waals surface area contributed by atoms with Crippen molar-refractivity contribution in [3.8, 4) is 5.75 Å². The summed E-state index contributed by atoms with van der Waals surface area (Å²) in [7, 11) is 0. The molecule has 9 heteroatoms. The summed E-state index contributed by atoms with van der Waals surface area (Å²) in [5, 5.41) is 32.6. The SMILES string of the molecule is CCOc1ccc(Cc2cc([C@]34OC[C@](C(=O)OC(C)C)(O3)[C@@H](O)[C@H](O)[C@H]4O)ccc2Cl)cc1. The number of rotatable bonds is 7. The van der Waals surface area contributed by atoms with Crippen molar-refractivity contribution in [2.75, 3.05) is 13.2 Å². The summed E-state index contributed by atoms with van der Waals surface area (Å²) < 4.78 is 22.6. The van der Waals surface area contributed by atoms with Crippen LogP contribution in [0.3, 0.4) is 0 Å². The molecule has 2 saturated heterocycles. The molecule has 2 heterocycles. The maximum absolute atomic E-state index is 12.8. The van der Waals surface area contributed by atoms with Gasteiger partial charge in [0.05, 0.1) is 19.3 Å². The van der Waals surface area contributed by atoms with E-state index >= 15 is 0 Å². The zero-order valence-electron chi connectivity index (χ0n) is 19.2. The Labute approximate surface area is 203 Å². The number of carbonyl (C=O) groups is 1. The number of hydrogen-bond donors (Lipinski definition) is 3. The van der Waals surface area contributed by atoms with E-state index in [4.69, 9.17) is 30.5 Å². The van der Waals surface area contributed by atoms with Gasteiger partial charge in [-0.25, -0.2) is 4.79 Å². The summed E-state index contributed by atoms with van der Waals surface area (Å²) in [6, 6.07) is 12.5. The molecule has 0 amide bonds. The first-order valence-corrected chi connectivity index (χ1v) is 11.6. The molecule has 3 N–H and O–H groups in total. The van der Waals surface area contributed by atoms with Gasteiger partial charge in [-0.15, -0.1) is 0 Å². The van der Waals surface area contributed by atoms with Crippen molar-refractivity contribution in [2.24, 2.45) is 0 Å². The van der Waals surface area contributed by atoms with Crippen molar-refractivity contribution in [1.29, 1.82) is 0 Å². The zero-order chi connectivity index (χ0) is 24.7. The fourth-order valence-electron chi connectivity index (χ4n) is 4.37. The molecule has 5 atom stereocenters. The van der Waals surface area contributed by atoms with Crippen LogP contribution in [0.25, 0.3) is 0 Å². The lowest BCUT2D eigenvalue weighted by Crippen LogP contribution is -2.67. The Bertz CT molecular complexity index is 1040. The van der Waals surface area contributed by atoms with E-state index in [9.17, 15) is 20.1 Å². The number of fused-ring (bicyclic) bond motifs is 2. The zero-order valence-corrected chi connectivity index (χ0v) is 20.0. The molecular weight excluding hydrogens is 464 g/mol. The number of hydrogen-bond acceptors (Lipinski definition) is 8. The standard InChI is InChI=1S/C25H29ClO8/c1-4-31-18-8-5-15(6-9-18)11-16-12-17(7-10-19(16)26)25-22(29)20(27)21(28)24(34-25,13-32-25)23(30)33-14(2)3/h5-10,12,14,20-22,27-29H,4,11,13H2,1-3H3/t20-,21-,22+,24-,25-/m0/s1. The third-order valence-corrected chi connectivity index (χ3v) is 6.48. The minimum absolute atomic E-state index is 0.357.